The third-order valence-electron chi connectivity index (χ3n) is 3.38. The highest BCUT2D eigenvalue weighted by Crippen LogP contribution is 2.24. The van der Waals surface area contributed by atoms with Crippen molar-refractivity contribution >= 4 is 27.2 Å². The first-order valence-electron chi connectivity index (χ1n) is 7.84. The molecule has 1 heterocycles. The van der Waals surface area contributed by atoms with Gasteiger partial charge in [-0.3, -0.25) is 8.98 Å². The molecule has 0 atom stereocenters. The molecule has 0 aliphatic carbocycles. The number of H-pyrrole nitrogens is 1. The molecule has 26 heavy (non-hydrogen) atoms. The van der Waals surface area contributed by atoms with Crippen LogP contribution < -0.4 is 5.32 Å². The molecule has 2 rings (SSSR count). The van der Waals surface area contributed by atoms with Crippen LogP contribution in [0.3, 0.4) is 0 Å². The van der Waals surface area contributed by atoms with E-state index in [-0.39, 0.29) is 11.7 Å². The molecule has 2 aromatic rings. The summed E-state index contributed by atoms with van der Waals surface area (Å²) in [5, 5.41) is 13.3. The molecule has 0 saturated carbocycles. The molecule has 146 valence electrons. The molecule has 9 nitrogen and oxygen atoms in total. The minimum Gasteiger partial charge on any atom is -0.726 e. The van der Waals surface area contributed by atoms with Crippen LogP contribution in [0.4, 0.5) is 0 Å². The van der Waals surface area contributed by atoms with Crippen molar-refractivity contribution in [2.24, 2.45) is 0 Å². The average molecular weight is 387 g/mol. The number of amides is 1. The van der Waals surface area contributed by atoms with E-state index >= 15 is 0 Å². The van der Waals surface area contributed by atoms with Gasteiger partial charge in [0.05, 0.1) is 34.8 Å². The van der Waals surface area contributed by atoms with Gasteiger partial charge < -0.3 is 24.4 Å². The smallest absolute Gasteiger partial charge is 0.267 e. The average Bonchev–Trinajstić information content (AvgIpc) is 2.96. The van der Waals surface area contributed by atoms with Gasteiger partial charge in [0.15, 0.2) is 0 Å². The van der Waals surface area contributed by atoms with E-state index in [9.17, 15) is 22.9 Å². The fraction of sp³-hybridized carbons (Fsp3) is 0.438. The van der Waals surface area contributed by atoms with Gasteiger partial charge in [0.25, 0.3) is 5.91 Å². The van der Waals surface area contributed by atoms with Crippen molar-refractivity contribution in [2.75, 3.05) is 41.3 Å². The van der Waals surface area contributed by atoms with Crippen molar-refractivity contribution in [3.8, 4) is 5.75 Å². The topological polar surface area (TPSA) is 132 Å². The Labute approximate surface area is 153 Å². The van der Waals surface area contributed by atoms with Crippen molar-refractivity contribution in [3.05, 3.63) is 30.0 Å². The Balaban J connectivity index is 0.000000487. The van der Waals surface area contributed by atoms with Crippen LogP contribution >= 0.6 is 0 Å². The number of aromatic hydroxyl groups is 1. The Morgan fingerprint density at radius 1 is 1.35 bits per heavy atom. The first-order chi connectivity index (χ1) is 11.9. The van der Waals surface area contributed by atoms with E-state index in [1.807, 2.05) is 6.07 Å². The second-order valence-electron chi connectivity index (χ2n) is 6.62. The summed E-state index contributed by atoms with van der Waals surface area (Å²) in [5.41, 5.74) is 1.24. The highest BCUT2D eigenvalue weighted by atomic mass is 32.3. The molecule has 0 bridgehead atoms. The zero-order valence-electron chi connectivity index (χ0n) is 15.3. The van der Waals surface area contributed by atoms with Gasteiger partial charge in [-0.15, -0.1) is 0 Å². The number of carbonyl (C=O) groups excluding carboxylic acids is 1. The van der Waals surface area contributed by atoms with Crippen LogP contribution in [0.2, 0.25) is 0 Å². The zero-order chi connectivity index (χ0) is 20.0. The van der Waals surface area contributed by atoms with E-state index in [0.717, 1.165) is 30.1 Å². The zero-order valence-corrected chi connectivity index (χ0v) is 16.1. The second-order valence-corrected chi connectivity index (χ2v) is 7.77. The number of hydrogen-bond acceptors (Lipinski definition) is 6. The highest BCUT2D eigenvalue weighted by molar-refractivity contribution is 7.80. The van der Waals surface area contributed by atoms with Crippen molar-refractivity contribution in [3.63, 3.8) is 0 Å². The Morgan fingerprint density at radius 2 is 1.96 bits per heavy atom. The van der Waals surface area contributed by atoms with Crippen LogP contribution in [0.15, 0.2) is 24.3 Å². The summed E-state index contributed by atoms with van der Waals surface area (Å²) >= 11 is 0. The molecule has 10 heteroatoms. The molecule has 0 saturated heterocycles. The van der Waals surface area contributed by atoms with E-state index < -0.39 is 10.4 Å². The van der Waals surface area contributed by atoms with E-state index in [1.54, 1.807) is 18.2 Å². The van der Waals surface area contributed by atoms with E-state index in [4.69, 9.17) is 0 Å². The Morgan fingerprint density at radius 3 is 2.46 bits per heavy atom. The lowest BCUT2D eigenvalue weighted by molar-refractivity contribution is -0.870. The van der Waals surface area contributed by atoms with Gasteiger partial charge >= 0.3 is 0 Å². The Hall–Kier alpha value is -2.14. The maximum Gasteiger partial charge on any atom is 0.267 e. The van der Waals surface area contributed by atoms with Crippen molar-refractivity contribution in [2.45, 2.75) is 6.42 Å². The predicted octanol–water partition coefficient (Wildman–Crippen LogP) is 0.793. The maximum absolute atomic E-state index is 12.0. The minimum absolute atomic E-state index is 0.137. The number of fused-ring (bicyclic) bond motifs is 1. The normalized spacial score (nSPS) is 11.7. The largest absolute Gasteiger partial charge is 0.726 e. The lowest BCUT2D eigenvalue weighted by Gasteiger charge is -2.23. The van der Waals surface area contributed by atoms with Crippen LogP contribution in [-0.2, 0) is 14.6 Å². The Bertz CT molecular complexity index is 839. The summed E-state index contributed by atoms with van der Waals surface area (Å²) in [6, 6.07) is 6.87. The molecule has 3 N–H and O–H groups in total. The molecule has 0 unspecified atom stereocenters. The van der Waals surface area contributed by atoms with Gasteiger partial charge in [-0.05, 0) is 18.2 Å². The summed E-state index contributed by atoms with van der Waals surface area (Å²) in [6.45, 7) is 1.66. The minimum atomic E-state index is -4.41. The van der Waals surface area contributed by atoms with E-state index in [2.05, 4.69) is 35.6 Å². The van der Waals surface area contributed by atoms with Gasteiger partial charge in [-0.1, -0.05) is 6.07 Å². The van der Waals surface area contributed by atoms with Gasteiger partial charge in [0.2, 0.25) is 10.4 Å². The SMILES string of the molecule is COS(=O)(=O)[O-].C[N+](C)(C)CCCNC(=O)c1cc2c(O)cccc2[nH]1. The molecule has 0 spiro atoms. The summed E-state index contributed by atoms with van der Waals surface area (Å²) in [4.78, 5) is 15.0. The summed E-state index contributed by atoms with van der Waals surface area (Å²) in [6.07, 6.45) is 0.931. The van der Waals surface area contributed by atoms with Crippen LogP contribution in [0, 0.1) is 0 Å². The van der Waals surface area contributed by atoms with Crippen molar-refractivity contribution in [1.29, 1.82) is 0 Å². The van der Waals surface area contributed by atoms with Crippen LogP contribution in [0.25, 0.3) is 10.9 Å². The molecule has 1 amide bonds. The number of nitrogens with zero attached hydrogens (tertiary/aromatic N) is 1. The van der Waals surface area contributed by atoms with Gasteiger partial charge in [0, 0.05) is 23.9 Å². The van der Waals surface area contributed by atoms with E-state index in [0.29, 0.717) is 17.6 Å². The lowest BCUT2D eigenvalue weighted by atomic mass is 10.2. The van der Waals surface area contributed by atoms with Crippen LogP contribution in [-0.4, -0.2) is 74.8 Å². The van der Waals surface area contributed by atoms with Gasteiger partial charge in [-0.2, -0.15) is 0 Å². The number of hydrogen-bond donors (Lipinski definition) is 3. The highest BCUT2D eigenvalue weighted by Gasteiger charge is 2.12. The maximum atomic E-state index is 12.0. The van der Waals surface area contributed by atoms with Crippen LogP contribution in [0.5, 0.6) is 5.75 Å². The number of carbonyl (C=O) groups is 1. The Kier molecular flexibility index (Phi) is 7.57. The van der Waals surface area contributed by atoms with Crippen LogP contribution in [0.1, 0.15) is 16.9 Å². The third kappa shape index (κ3) is 7.83. The lowest BCUT2D eigenvalue weighted by Crippen LogP contribution is -2.37. The molecule has 0 aliphatic rings. The fourth-order valence-corrected chi connectivity index (χ4v) is 2.11. The first kappa shape index (κ1) is 21.9. The number of phenols is 1. The summed E-state index contributed by atoms with van der Waals surface area (Å²) < 4.78 is 31.9. The molecule has 1 aromatic heterocycles. The molecular weight excluding hydrogens is 362 g/mol. The molecule has 0 radical (unpaired) electrons. The summed E-state index contributed by atoms with van der Waals surface area (Å²) in [5.74, 6) is 0.0461. The summed E-state index contributed by atoms with van der Waals surface area (Å²) in [7, 11) is 2.78. The second kappa shape index (κ2) is 8.99. The number of nitrogens with one attached hydrogen (secondary N) is 2. The predicted molar refractivity (Wildman–Crippen MR) is 96.5 cm³/mol. The number of aromatic amines is 1. The van der Waals surface area contributed by atoms with Gasteiger partial charge in [-0.25, -0.2) is 8.42 Å². The number of rotatable bonds is 6. The van der Waals surface area contributed by atoms with Crippen molar-refractivity contribution in [1.82, 2.24) is 10.3 Å². The third-order valence-corrected chi connectivity index (χ3v) is 3.79. The standard InChI is InChI=1S/C15H21N3O2.CH4O4S/c1-18(2,3)9-5-8-16-15(20)13-10-11-12(17-13)6-4-7-14(11)19;1-5-6(2,3)4/h4,6-7,10H,5,8-9H2,1-3H3,(H2-,16,17,19,20);1H3,(H,2,3,4). The first-order valence-corrected chi connectivity index (χ1v) is 9.17. The number of benzene rings is 1. The molecule has 0 aliphatic heterocycles. The number of phenolic OH excluding ortho intramolecular Hbond substituents is 1. The molecular formula is C16H25N3O6S. The molecule has 0 fully saturated rings. The van der Waals surface area contributed by atoms with Gasteiger partial charge in [0.1, 0.15) is 11.4 Å². The van der Waals surface area contributed by atoms with E-state index in [1.165, 1.54) is 0 Å². The number of aromatic nitrogens is 1. The molecule has 1 aromatic carbocycles. The fourth-order valence-electron chi connectivity index (χ4n) is 2.11. The monoisotopic (exact) mass is 387 g/mol. The van der Waals surface area contributed by atoms with Crippen molar-refractivity contribution < 1.29 is 31.5 Å². The quantitative estimate of drug-likeness (QED) is 0.291. The number of quaternary nitrogens is 1.